The molecule has 0 saturated carbocycles. The zero-order chi connectivity index (χ0) is 18.0. The lowest BCUT2D eigenvalue weighted by Crippen LogP contribution is -2.11. The molecule has 1 amide bonds. The first kappa shape index (κ1) is 17.0. The first-order valence-corrected chi connectivity index (χ1v) is 8.10. The molecule has 0 saturated heterocycles. The van der Waals surface area contributed by atoms with Crippen LogP contribution in [0.1, 0.15) is 33.4 Å². The second-order valence-corrected chi connectivity index (χ2v) is 6.14. The standard InChI is InChI=1S/C20H16ClNO3/c1-12-3-8-17(16(21)11-12)22-20(24)19-10-9-18(25-19)15-6-4-14(5-7-15)13(2)23/h3-11H,1-2H3,(H,22,24). The second-order valence-electron chi connectivity index (χ2n) is 5.73. The minimum atomic E-state index is -0.377. The van der Waals surface area contributed by atoms with E-state index >= 15 is 0 Å². The van der Waals surface area contributed by atoms with Crippen molar-refractivity contribution in [2.45, 2.75) is 13.8 Å². The molecule has 0 atom stereocenters. The van der Waals surface area contributed by atoms with Crippen LogP contribution in [0.2, 0.25) is 5.02 Å². The van der Waals surface area contributed by atoms with E-state index in [1.807, 2.05) is 13.0 Å². The molecule has 126 valence electrons. The van der Waals surface area contributed by atoms with Crippen LogP contribution in [0, 0.1) is 6.92 Å². The normalized spacial score (nSPS) is 10.5. The predicted octanol–water partition coefficient (Wildman–Crippen LogP) is 5.36. The van der Waals surface area contributed by atoms with Crippen molar-refractivity contribution < 1.29 is 14.0 Å². The van der Waals surface area contributed by atoms with Crippen LogP contribution in [0.25, 0.3) is 11.3 Å². The van der Waals surface area contributed by atoms with Crippen LogP contribution in [0.4, 0.5) is 5.69 Å². The maximum atomic E-state index is 12.3. The average Bonchev–Trinajstić information content (AvgIpc) is 3.07. The van der Waals surface area contributed by atoms with E-state index in [1.165, 1.54) is 6.92 Å². The lowest BCUT2D eigenvalue weighted by molar-refractivity contribution is 0.0994. The highest BCUT2D eigenvalue weighted by Crippen LogP contribution is 2.26. The quantitative estimate of drug-likeness (QED) is 0.642. The highest BCUT2D eigenvalue weighted by molar-refractivity contribution is 6.34. The van der Waals surface area contributed by atoms with Gasteiger partial charge >= 0.3 is 0 Å². The molecule has 0 bridgehead atoms. The zero-order valence-corrected chi connectivity index (χ0v) is 14.6. The van der Waals surface area contributed by atoms with Gasteiger partial charge in [-0.15, -0.1) is 0 Å². The number of nitrogens with one attached hydrogen (secondary N) is 1. The fourth-order valence-electron chi connectivity index (χ4n) is 2.39. The number of hydrogen-bond donors (Lipinski definition) is 1. The molecule has 1 N–H and O–H groups in total. The van der Waals surface area contributed by atoms with E-state index in [0.29, 0.717) is 22.0 Å². The van der Waals surface area contributed by atoms with E-state index in [-0.39, 0.29) is 17.5 Å². The third-order valence-corrected chi connectivity index (χ3v) is 4.09. The molecule has 0 spiro atoms. The van der Waals surface area contributed by atoms with Gasteiger partial charge in [0, 0.05) is 11.1 Å². The molecule has 0 fully saturated rings. The molecular formula is C20H16ClNO3. The molecular weight excluding hydrogens is 338 g/mol. The van der Waals surface area contributed by atoms with E-state index < -0.39 is 0 Å². The van der Waals surface area contributed by atoms with Gasteiger partial charge in [-0.25, -0.2) is 0 Å². The van der Waals surface area contributed by atoms with Crippen molar-refractivity contribution in [3.8, 4) is 11.3 Å². The predicted molar refractivity (Wildman–Crippen MR) is 98.3 cm³/mol. The monoisotopic (exact) mass is 353 g/mol. The third kappa shape index (κ3) is 3.80. The number of aryl methyl sites for hydroxylation is 1. The first-order chi connectivity index (χ1) is 11.9. The Labute approximate surface area is 150 Å². The highest BCUT2D eigenvalue weighted by Gasteiger charge is 2.14. The number of benzene rings is 2. The number of hydrogen-bond acceptors (Lipinski definition) is 3. The summed E-state index contributed by atoms with van der Waals surface area (Å²) < 4.78 is 5.63. The molecule has 0 aliphatic carbocycles. The van der Waals surface area contributed by atoms with Crippen molar-refractivity contribution in [1.82, 2.24) is 0 Å². The SMILES string of the molecule is CC(=O)c1ccc(-c2ccc(C(=O)Nc3ccc(C)cc3Cl)o2)cc1. The van der Waals surface area contributed by atoms with Gasteiger partial charge in [0.15, 0.2) is 11.5 Å². The van der Waals surface area contributed by atoms with Crippen molar-refractivity contribution in [2.75, 3.05) is 5.32 Å². The lowest BCUT2D eigenvalue weighted by atomic mass is 10.1. The van der Waals surface area contributed by atoms with E-state index in [0.717, 1.165) is 11.1 Å². The van der Waals surface area contributed by atoms with Crippen molar-refractivity contribution >= 4 is 29.0 Å². The van der Waals surface area contributed by atoms with Gasteiger partial charge in [-0.05, 0) is 43.7 Å². The average molecular weight is 354 g/mol. The van der Waals surface area contributed by atoms with Crippen LogP contribution in [-0.4, -0.2) is 11.7 Å². The molecule has 1 heterocycles. The van der Waals surface area contributed by atoms with Crippen molar-refractivity contribution in [3.63, 3.8) is 0 Å². The molecule has 1 aromatic heterocycles. The maximum Gasteiger partial charge on any atom is 0.291 e. The summed E-state index contributed by atoms with van der Waals surface area (Å²) in [6.07, 6.45) is 0. The Morgan fingerprint density at radius 1 is 1.00 bits per heavy atom. The largest absolute Gasteiger partial charge is 0.451 e. The maximum absolute atomic E-state index is 12.3. The summed E-state index contributed by atoms with van der Waals surface area (Å²) in [5, 5.41) is 3.21. The Hall–Kier alpha value is -2.85. The Kier molecular flexibility index (Phi) is 4.72. The number of carbonyl (C=O) groups excluding carboxylic acids is 2. The van der Waals surface area contributed by atoms with Gasteiger partial charge < -0.3 is 9.73 Å². The molecule has 0 unspecified atom stereocenters. The number of carbonyl (C=O) groups is 2. The van der Waals surface area contributed by atoms with E-state index in [1.54, 1.807) is 48.5 Å². The highest BCUT2D eigenvalue weighted by atomic mass is 35.5. The summed E-state index contributed by atoms with van der Waals surface area (Å²) in [7, 11) is 0. The van der Waals surface area contributed by atoms with Gasteiger partial charge in [-0.1, -0.05) is 41.9 Å². The Balaban J connectivity index is 1.78. The van der Waals surface area contributed by atoms with Gasteiger partial charge in [0.25, 0.3) is 5.91 Å². The van der Waals surface area contributed by atoms with Crippen LogP contribution >= 0.6 is 11.6 Å². The summed E-state index contributed by atoms with van der Waals surface area (Å²) in [5.41, 5.74) is 2.96. The smallest absolute Gasteiger partial charge is 0.291 e. The van der Waals surface area contributed by atoms with Crippen LogP contribution < -0.4 is 5.32 Å². The van der Waals surface area contributed by atoms with Crippen LogP contribution in [0.15, 0.2) is 59.0 Å². The van der Waals surface area contributed by atoms with Gasteiger partial charge in [-0.3, -0.25) is 9.59 Å². The minimum Gasteiger partial charge on any atom is -0.451 e. The van der Waals surface area contributed by atoms with Gasteiger partial charge in [0.05, 0.1) is 10.7 Å². The van der Waals surface area contributed by atoms with E-state index in [9.17, 15) is 9.59 Å². The number of ketones is 1. The van der Waals surface area contributed by atoms with Crippen LogP contribution in [-0.2, 0) is 0 Å². The third-order valence-electron chi connectivity index (χ3n) is 3.78. The number of rotatable bonds is 4. The summed E-state index contributed by atoms with van der Waals surface area (Å²) in [4.78, 5) is 23.7. The van der Waals surface area contributed by atoms with Crippen LogP contribution in [0.3, 0.4) is 0 Å². The Morgan fingerprint density at radius 2 is 1.72 bits per heavy atom. The van der Waals surface area contributed by atoms with E-state index in [4.69, 9.17) is 16.0 Å². The summed E-state index contributed by atoms with van der Waals surface area (Å²) in [6.45, 7) is 3.44. The zero-order valence-electron chi connectivity index (χ0n) is 13.8. The second kappa shape index (κ2) is 6.95. The first-order valence-electron chi connectivity index (χ1n) is 7.73. The summed E-state index contributed by atoms with van der Waals surface area (Å²) >= 11 is 6.13. The van der Waals surface area contributed by atoms with E-state index in [2.05, 4.69) is 5.32 Å². The fraction of sp³-hybridized carbons (Fsp3) is 0.100. The number of amides is 1. The molecule has 0 radical (unpaired) electrons. The van der Waals surface area contributed by atoms with Gasteiger partial charge in [0.1, 0.15) is 5.76 Å². The molecule has 0 aliphatic heterocycles. The number of halogens is 1. The summed E-state index contributed by atoms with van der Waals surface area (Å²) in [6, 6.07) is 15.7. The Morgan fingerprint density at radius 3 is 2.36 bits per heavy atom. The van der Waals surface area contributed by atoms with Crippen molar-refractivity contribution in [1.29, 1.82) is 0 Å². The van der Waals surface area contributed by atoms with Gasteiger partial charge in [-0.2, -0.15) is 0 Å². The lowest BCUT2D eigenvalue weighted by Gasteiger charge is -2.06. The fourth-order valence-corrected chi connectivity index (χ4v) is 2.67. The number of Topliss-reactive ketones (excluding diaryl/α,β-unsaturated/α-hetero) is 1. The summed E-state index contributed by atoms with van der Waals surface area (Å²) in [5.74, 6) is 0.357. The molecule has 2 aromatic carbocycles. The molecule has 4 nitrogen and oxygen atoms in total. The molecule has 3 aromatic rings. The molecule has 25 heavy (non-hydrogen) atoms. The number of furan rings is 1. The van der Waals surface area contributed by atoms with Gasteiger partial charge in [0.2, 0.25) is 0 Å². The molecule has 5 heteroatoms. The topological polar surface area (TPSA) is 59.3 Å². The molecule has 3 rings (SSSR count). The molecule has 0 aliphatic rings. The van der Waals surface area contributed by atoms with Crippen molar-refractivity contribution in [3.05, 3.63) is 76.5 Å². The van der Waals surface area contributed by atoms with Crippen molar-refractivity contribution in [2.24, 2.45) is 0 Å². The Bertz CT molecular complexity index is 942. The number of anilines is 1. The minimum absolute atomic E-state index is 0.000961. The van der Waals surface area contributed by atoms with Crippen LogP contribution in [0.5, 0.6) is 0 Å².